The topological polar surface area (TPSA) is 46.2 Å². The maximum absolute atomic E-state index is 11.6. The molecule has 0 aliphatic rings. The molecule has 0 bridgehead atoms. The van der Waals surface area contributed by atoms with Gasteiger partial charge in [-0.2, -0.15) is 0 Å². The van der Waals surface area contributed by atoms with Crippen LogP contribution < -0.4 is 5.32 Å². The van der Waals surface area contributed by atoms with E-state index in [4.69, 9.17) is 0 Å². The summed E-state index contributed by atoms with van der Waals surface area (Å²) in [6, 6.07) is 0. The molecule has 0 unspecified atom stereocenters. The molecule has 0 aliphatic carbocycles. The van der Waals surface area contributed by atoms with E-state index in [-0.39, 0.29) is 0 Å². The highest BCUT2D eigenvalue weighted by molar-refractivity contribution is 7.91. The molecule has 0 heterocycles. The summed E-state index contributed by atoms with van der Waals surface area (Å²) in [7, 11) is -2.81. The van der Waals surface area contributed by atoms with Crippen molar-refractivity contribution >= 4 is 9.84 Å². The highest BCUT2D eigenvalue weighted by Crippen LogP contribution is 2.00. The van der Waals surface area contributed by atoms with E-state index in [2.05, 4.69) is 19.2 Å². The van der Waals surface area contributed by atoms with Crippen molar-refractivity contribution in [3.05, 3.63) is 0 Å². The monoisotopic (exact) mass is 263 g/mol. The fourth-order valence-corrected chi connectivity index (χ4v) is 3.01. The third-order valence-corrected chi connectivity index (χ3v) is 4.59. The zero-order valence-corrected chi connectivity index (χ0v) is 12.3. The highest BCUT2D eigenvalue weighted by atomic mass is 32.2. The van der Waals surface area contributed by atoms with Crippen molar-refractivity contribution in [2.24, 2.45) is 0 Å². The first-order chi connectivity index (χ1) is 8.12. The third-order valence-electron chi connectivity index (χ3n) is 2.86. The van der Waals surface area contributed by atoms with Gasteiger partial charge in [-0.25, -0.2) is 8.42 Å². The van der Waals surface area contributed by atoms with Crippen LogP contribution in [-0.2, 0) is 9.84 Å². The number of rotatable bonds is 12. The average Bonchev–Trinajstić information content (AvgIpc) is 2.28. The molecule has 17 heavy (non-hydrogen) atoms. The molecule has 4 heteroatoms. The van der Waals surface area contributed by atoms with Gasteiger partial charge in [0, 0.05) is 6.54 Å². The molecule has 3 nitrogen and oxygen atoms in total. The van der Waals surface area contributed by atoms with Gasteiger partial charge in [0.1, 0.15) is 0 Å². The summed E-state index contributed by atoms with van der Waals surface area (Å²) >= 11 is 0. The van der Waals surface area contributed by atoms with E-state index in [9.17, 15) is 8.42 Å². The molecule has 1 N–H and O–H groups in total. The Bertz CT molecular complexity index is 250. The lowest BCUT2D eigenvalue weighted by Gasteiger charge is -2.06. The van der Waals surface area contributed by atoms with Crippen molar-refractivity contribution in [2.45, 2.75) is 58.8 Å². The Labute approximate surface area is 107 Å². The van der Waals surface area contributed by atoms with Crippen molar-refractivity contribution in [1.29, 1.82) is 0 Å². The normalized spacial score (nSPS) is 11.9. The second-order valence-electron chi connectivity index (χ2n) is 4.67. The molecule has 0 fully saturated rings. The first-order valence-corrected chi connectivity index (χ1v) is 8.85. The molecule has 0 saturated carbocycles. The summed E-state index contributed by atoms with van der Waals surface area (Å²) in [4.78, 5) is 0. The van der Waals surface area contributed by atoms with E-state index < -0.39 is 9.84 Å². The summed E-state index contributed by atoms with van der Waals surface area (Å²) < 4.78 is 23.2. The smallest absolute Gasteiger partial charge is 0.151 e. The van der Waals surface area contributed by atoms with Gasteiger partial charge in [-0.05, 0) is 19.4 Å². The Morgan fingerprint density at radius 1 is 0.765 bits per heavy atom. The van der Waals surface area contributed by atoms with E-state index in [1.54, 1.807) is 0 Å². The molecule has 0 aliphatic heterocycles. The minimum atomic E-state index is -2.81. The molecule has 0 aromatic rings. The standard InChI is InChI=1S/C13H29NO2S/c1-3-5-7-8-10-14-11-13-17(15,16)12-9-6-4-2/h14H,3-13H2,1-2H3. The lowest BCUT2D eigenvalue weighted by Crippen LogP contribution is -2.25. The molecule has 0 amide bonds. The molecule has 104 valence electrons. The van der Waals surface area contributed by atoms with Gasteiger partial charge >= 0.3 is 0 Å². The number of nitrogens with one attached hydrogen (secondary N) is 1. The SMILES string of the molecule is CCCCCCNCCS(=O)(=O)CCCCC. The van der Waals surface area contributed by atoms with Gasteiger partial charge in [0.05, 0.1) is 11.5 Å². The molecule has 0 spiro atoms. The van der Waals surface area contributed by atoms with Gasteiger partial charge in [0.2, 0.25) is 0 Å². The van der Waals surface area contributed by atoms with Crippen LogP contribution in [0.2, 0.25) is 0 Å². The maximum atomic E-state index is 11.6. The fraction of sp³-hybridized carbons (Fsp3) is 1.00. The molecule has 0 atom stereocenters. The van der Waals surface area contributed by atoms with E-state index >= 15 is 0 Å². The van der Waals surface area contributed by atoms with Crippen LogP contribution in [0.3, 0.4) is 0 Å². The van der Waals surface area contributed by atoms with Crippen LogP contribution in [0.15, 0.2) is 0 Å². The second kappa shape index (κ2) is 11.0. The predicted molar refractivity (Wildman–Crippen MR) is 75.2 cm³/mol. The zero-order chi connectivity index (χ0) is 13.0. The highest BCUT2D eigenvalue weighted by Gasteiger charge is 2.08. The van der Waals surface area contributed by atoms with Crippen LogP contribution in [0.4, 0.5) is 0 Å². The zero-order valence-electron chi connectivity index (χ0n) is 11.5. The summed E-state index contributed by atoms with van der Waals surface area (Å²) in [6.07, 6.45) is 7.82. The Balaban J connectivity index is 3.39. The van der Waals surface area contributed by atoms with E-state index in [0.717, 1.165) is 32.2 Å². The molecular formula is C13H29NO2S. The predicted octanol–water partition coefficient (Wildman–Crippen LogP) is 2.76. The number of sulfone groups is 1. The van der Waals surface area contributed by atoms with E-state index in [1.807, 2.05) is 0 Å². The summed E-state index contributed by atoms with van der Waals surface area (Å²) in [5, 5.41) is 3.21. The van der Waals surface area contributed by atoms with Crippen LogP contribution in [0.1, 0.15) is 58.8 Å². The van der Waals surface area contributed by atoms with Gasteiger partial charge in [-0.3, -0.25) is 0 Å². The van der Waals surface area contributed by atoms with Crippen LogP contribution in [-0.4, -0.2) is 33.0 Å². The summed E-state index contributed by atoms with van der Waals surface area (Å²) in [6.45, 7) is 5.84. The minimum absolute atomic E-state index is 0.296. The molecule has 0 saturated heterocycles. The number of unbranched alkanes of at least 4 members (excludes halogenated alkanes) is 5. The Hall–Kier alpha value is -0.0900. The number of hydrogen-bond acceptors (Lipinski definition) is 3. The maximum Gasteiger partial charge on any atom is 0.151 e. The fourth-order valence-electron chi connectivity index (χ4n) is 1.70. The molecule has 0 rings (SSSR count). The van der Waals surface area contributed by atoms with Crippen molar-refractivity contribution < 1.29 is 8.42 Å². The number of hydrogen-bond donors (Lipinski definition) is 1. The average molecular weight is 263 g/mol. The van der Waals surface area contributed by atoms with Gasteiger partial charge in [0.15, 0.2) is 9.84 Å². The van der Waals surface area contributed by atoms with E-state index in [0.29, 0.717) is 18.1 Å². The van der Waals surface area contributed by atoms with Gasteiger partial charge < -0.3 is 5.32 Å². The Morgan fingerprint density at radius 3 is 2.06 bits per heavy atom. The lowest BCUT2D eigenvalue weighted by atomic mass is 10.2. The van der Waals surface area contributed by atoms with Gasteiger partial charge in [-0.1, -0.05) is 46.0 Å². The molecule has 0 aromatic heterocycles. The lowest BCUT2D eigenvalue weighted by molar-refractivity contribution is 0.579. The Morgan fingerprint density at radius 2 is 1.41 bits per heavy atom. The van der Waals surface area contributed by atoms with Crippen LogP contribution in [0, 0.1) is 0 Å². The van der Waals surface area contributed by atoms with Gasteiger partial charge in [-0.15, -0.1) is 0 Å². The summed E-state index contributed by atoms with van der Waals surface area (Å²) in [5.74, 6) is 0.656. The van der Waals surface area contributed by atoms with E-state index in [1.165, 1.54) is 19.3 Å². The van der Waals surface area contributed by atoms with Crippen molar-refractivity contribution in [1.82, 2.24) is 5.32 Å². The van der Waals surface area contributed by atoms with Crippen LogP contribution in [0.5, 0.6) is 0 Å². The van der Waals surface area contributed by atoms with Gasteiger partial charge in [0.25, 0.3) is 0 Å². The largest absolute Gasteiger partial charge is 0.316 e. The molecule has 0 radical (unpaired) electrons. The third kappa shape index (κ3) is 12.2. The first-order valence-electron chi connectivity index (χ1n) is 7.03. The molecular weight excluding hydrogens is 234 g/mol. The van der Waals surface area contributed by atoms with Crippen molar-refractivity contribution in [3.63, 3.8) is 0 Å². The summed E-state index contributed by atoms with van der Waals surface area (Å²) in [5.41, 5.74) is 0. The van der Waals surface area contributed by atoms with Crippen LogP contribution >= 0.6 is 0 Å². The van der Waals surface area contributed by atoms with Crippen molar-refractivity contribution in [2.75, 3.05) is 24.6 Å². The second-order valence-corrected chi connectivity index (χ2v) is 6.97. The Kier molecular flexibility index (Phi) is 11.0. The minimum Gasteiger partial charge on any atom is -0.316 e. The van der Waals surface area contributed by atoms with Crippen LogP contribution in [0.25, 0.3) is 0 Å². The van der Waals surface area contributed by atoms with Crippen molar-refractivity contribution in [3.8, 4) is 0 Å². The first kappa shape index (κ1) is 16.9. The molecule has 0 aromatic carbocycles. The quantitative estimate of drug-likeness (QED) is 0.551.